The maximum atomic E-state index is 11.9. The van der Waals surface area contributed by atoms with Crippen LogP contribution < -0.4 is 4.74 Å². The summed E-state index contributed by atoms with van der Waals surface area (Å²) in [7, 11) is 0. The fourth-order valence-corrected chi connectivity index (χ4v) is 1.32. The molecule has 1 aromatic carbocycles. The van der Waals surface area contributed by atoms with E-state index >= 15 is 0 Å². The number of benzene rings is 1. The van der Waals surface area contributed by atoms with Gasteiger partial charge in [-0.1, -0.05) is 0 Å². The maximum absolute atomic E-state index is 11.9. The van der Waals surface area contributed by atoms with Crippen molar-refractivity contribution in [2.45, 2.75) is 13.5 Å². The van der Waals surface area contributed by atoms with Crippen LogP contribution in [0.15, 0.2) is 28.7 Å². The second kappa shape index (κ2) is 3.29. The fraction of sp³-hybridized carbons (Fsp3) is 0.200. The summed E-state index contributed by atoms with van der Waals surface area (Å²) in [5, 5.41) is 0.879. The minimum atomic E-state index is -2.80. The zero-order valence-corrected chi connectivity index (χ0v) is 7.46. The van der Waals surface area contributed by atoms with Crippen molar-refractivity contribution in [2.24, 2.45) is 0 Å². The number of hydrogen-bond acceptors (Lipinski definition) is 2. The number of rotatable bonds is 2. The van der Waals surface area contributed by atoms with E-state index in [9.17, 15) is 8.78 Å². The molecular weight excluding hydrogens is 190 g/mol. The molecule has 0 fully saturated rings. The fourth-order valence-electron chi connectivity index (χ4n) is 1.32. The van der Waals surface area contributed by atoms with E-state index in [1.165, 1.54) is 12.1 Å². The summed E-state index contributed by atoms with van der Waals surface area (Å²) in [4.78, 5) is 0. The van der Waals surface area contributed by atoms with Gasteiger partial charge in [0.1, 0.15) is 17.1 Å². The van der Waals surface area contributed by atoms with E-state index in [4.69, 9.17) is 4.42 Å². The lowest BCUT2D eigenvalue weighted by atomic mass is 10.2. The van der Waals surface area contributed by atoms with Crippen LogP contribution in [0, 0.1) is 6.92 Å². The van der Waals surface area contributed by atoms with E-state index in [1.807, 2.05) is 6.07 Å². The number of furan rings is 1. The second-order valence-electron chi connectivity index (χ2n) is 2.94. The molecule has 0 saturated carbocycles. The largest absolute Gasteiger partial charge is 0.461 e. The average molecular weight is 198 g/mol. The quantitative estimate of drug-likeness (QED) is 0.738. The highest BCUT2D eigenvalue weighted by atomic mass is 19.3. The van der Waals surface area contributed by atoms with Gasteiger partial charge in [-0.2, -0.15) is 8.78 Å². The standard InChI is InChI=1S/C10H8F2O2/c1-6-4-7-2-3-8(14-10(11)12)5-9(7)13-6/h2-5,10H,1H3. The van der Waals surface area contributed by atoms with Crippen LogP contribution in [0.1, 0.15) is 5.76 Å². The van der Waals surface area contributed by atoms with Crippen molar-refractivity contribution >= 4 is 11.0 Å². The van der Waals surface area contributed by atoms with Crippen molar-refractivity contribution in [2.75, 3.05) is 0 Å². The first-order valence-corrected chi connectivity index (χ1v) is 4.10. The molecule has 14 heavy (non-hydrogen) atoms. The third kappa shape index (κ3) is 1.69. The third-order valence-corrected chi connectivity index (χ3v) is 1.84. The lowest BCUT2D eigenvalue weighted by molar-refractivity contribution is -0.0497. The van der Waals surface area contributed by atoms with Crippen LogP contribution in [-0.4, -0.2) is 6.61 Å². The molecule has 0 bridgehead atoms. The summed E-state index contributed by atoms with van der Waals surface area (Å²) in [6.45, 7) is -1.00. The number of aryl methyl sites for hydroxylation is 1. The van der Waals surface area contributed by atoms with Crippen molar-refractivity contribution in [1.29, 1.82) is 0 Å². The van der Waals surface area contributed by atoms with E-state index in [-0.39, 0.29) is 5.75 Å². The Bertz CT molecular complexity index is 448. The van der Waals surface area contributed by atoms with Gasteiger partial charge in [-0.3, -0.25) is 0 Å². The van der Waals surface area contributed by atoms with Gasteiger partial charge >= 0.3 is 6.61 Å². The number of fused-ring (bicyclic) bond motifs is 1. The smallest absolute Gasteiger partial charge is 0.387 e. The molecule has 2 aromatic rings. The Morgan fingerprint density at radius 3 is 2.79 bits per heavy atom. The Kier molecular flexibility index (Phi) is 2.11. The number of ether oxygens (including phenoxy) is 1. The molecule has 0 aliphatic heterocycles. The molecule has 0 saturated heterocycles. The molecule has 0 unspecified atom stereocenters. The molecule has 1 aromatic heterocycles. The molecule has 0 amide bonds. The van der Waals surface area contributed by atoms with E-state index in [2.05, 4.69) is 4.74 Å². The molecule has 2 rings (SSSR count). The Morgan fingerprint density at radius 1 is 1.29 bits per heavy atom. The Hall–Kier alpha value is -1.58. The molecule has 1 heterocycles. The lowest BCUT2D eigenvalue weighted by Gasteiger charge is -2.02. The second-order valence-corrected chi connectivity index (χ2v) is 2.94. The molecule has 0 aliphatic rings. The van der Waals surface area contributed by atoms with Crippen LogP contribution in [0.4, 0.5) is 8.78 Å². The van der Waals surface area contributed by atoms with Gasteiger partial charge in [-0.25, -0.2) is 0 Å². The van der Waals surface area contributed by atoms with Crippen LogP contribution in [0.2, 0.25) is 0 Å². The summed E-state index contributed by atoms with van der Waals surface area (Å²) in [5.74, 6) is 0.857. The van der Waals surface area contributed by atoms with Crippen LogP contribution in [-0.2, 0) is 0 Å². The van der Waals surface area contributed by atoms with E-state index in [0.717, 1.165) is 11.1 Å². The number of alkyl halides is 2. The highest BCUT2D eigenvalue weighted by Gasteiger charge is 2.06. The molecule has 0 aliphatic carbocycles. The lowest BCUT2D eigenvalue weighted by Crippen LogP contribution is -2.01. The number of halogens is 2. The van der Waals surface area contributed by atoms with Crippen LogP contribution in [0.25, 0.3) is 11.0 Å². The average Bonchev–Trinajstić information content (AvgIpc) is 2.42. The summed E-state index contributed by atoms with van der Waals surface area (Å²) >= 11 is 0. The predicted octanol–water partition coefficient (Wildman–Crippen LogP) is 3.34. The van der Waals surface area contributed by atoms with Gasteiger partial charge in [-0.15, -0.1) is 0 Å². The summed E-state index contributed by atoms with van der Waals surface area (Å²) < 4.78 is 33.2. The Morgan fingerprint density at radius 2 is 2.07 bits per heavy atom. The van der Waals surface area contributed by atoms with Crippen molar-refractivity contribution in [3.63, 3.8) is 0 Å². The summed E-state index contributed by atoms with van der Waals surface area (Å²) in [5.41, 5.74) is 0.556. The third-order valence-electron chi connectivity index (χ3n) is 1.84. The SMILES string of the molecule is Cc1cc2ccc(OC(F)F)cc2o1. The van der Waals surface area contributed by atoms with Gasteiger partial charge in [-0.05, 0) is 25.1 Å². The molecule has 74 valence electrons. The van der Waals surface area contributed by atoms with Gasteiger partial charge < -0.3 is 9.15 Å². The van der Waals surface area contributed by atoms with Gasteiger partial charge in [0.2, 0.25) is 0 Å². The van der Waals surface area contributed by atoms with E-state index in [1.54, 1.807) is 13.0 Å². The van der Waals surface area contributed by atoms with E-state index in [0.29, 0.717) is 5.58 Å². The minimum absolute atomic E-state index is 0.113. The zero-order valence-electron chi connectivity index (χ0n) is 7.46. The highest BCUT2D eigenvalue weighted by molar-refractivity contribution is 5.79. The highest BCUT2D eigenvalue weighted by Crippen LogP contribution is 2.24. The van der Waals surface area contributed by atoms with Crippen molar-refractivity contribution < 1.29 is 17.9 Å². The molecule has 0 radical (unpaired) electrons. The molecule has 0 N–H and O–H groups in total. The molecular formula is C10H8F2O2. The van der Waals surface area contributed by atoms with Crippen LogP contribution >= 0.6 is 0 Å². The molecule has 0 spiro atoms. The van der Waals surface area contributed by atoms with Gasteiger partial charge in [0.15, 0.2) is 0 Å². The summed E-state index contributed by atoms with van der Waals surface area (Å²) in [6, 6.07) is 6.46. The van der Waals surface area contributed by atoms with Crippen LogP contribution in [0.3, 0.4) is 0 Å². The molecule has 4 heteroatoms. The first kappa shape index (κ1) is 8.99. The van der Waals surface area contributed by atoms with Crippen LogP contribution in [0.5, 0.6) is 5.75 Å². The normalized spacial score (nSPS) is 11.1. The van der Waals surface area contributed by atoms with Crippen molar-refractivity contribution in [3.05, 3.63) is 30.0 Å². The van der Waals surface area contributed by atoms with Crippen molar-refractivity contribution in [3.8, 4) is 5.75 Å². The Balaban J connectivity index is 2.40. The topological polar surface area (TPSA) is 22.4 Å². The molecule has 0 atom stereocenters. The van der Waals surface area contributed by atoms with Gasteiger partial charge in [0.25, 0.3) is 0 Å². The molecule has 2 nitrogen and oxygen atoms in total. The minimum Gasteiger partial charge on any atom is -0.461 e. The van der Waals surface area contributed by atoms with Crippen molar-refractivity contribution in [1.82, 2.24) is 0 Å². The first-order valence-electron chi connectivity index (χ1n) is 4.10. The predicted molar refractivity (Wildman–Crippen MR) is 47.6 cm³/mol. The monoisotopic (exact) mass is 198 g/mol. The van der Waals surface area contributed by atoms with E-state index < -0.39 is 6.61 Å². The zero-order chi connectivity index (χ0) is 10.1. The van der Waals surface area contributed by atoms with Gasteiger partial charge in [0.05, 0.1) is 0 Å². The maximum Gasteiger partial charge on any atom is 0.387 e. The summed E-state index contributed by atoms with van der Waals surface area (Å²) in [6.07, 6.45) is 0. The first-order chi connectivity index (χ1) is 6.65. The Labute approximate surface area is 79.1 Å². The number of hydrogen-bond donors (Lipinski definition) is 0. The van der Waals surface area contributed by atoms with Gasteiger partial charge in [0, 0.05) is 11.5 Å².